The lowest BCUT2D eigenvalue weighted by molar-refractivity contribution is 0.580. The zero-order valence-corrected chi connectivity index (χ0v) is 16.1. The van der Waals surface area contributed by atoms with Gasteiger partial charge >= 0.3 is 0 Å². The lowest BCUT2D eigenvalue weighted by atomic mass is 10.2. The van der Waals surface area contributed by atoms with E-state index in [0.29, 0.717) is 20.9 Å². The standard InChI is InChI=1S/C21H17FN2OS2/c22-17-9-5-4-8-16(17)14-24-20(25)19-18(11-13-26-19)23-21(24)27-12-10-15-6-2-1-3-7-15/h1-9,11,13H,10,12,14H2. The van der Waals surface area contributed by atoms with Crippen LogP contribution >= 0.6 is 23.1 Å². The summed E-state index contributed by atoms with van der Waals surface area (Å²) in [6, 6.07) is 18.6. The largest absolute Gasteiger partial charge is 0.282 e. The summed E-state index contributed by atoms with van der Waals surface area (Å²) >= 11 is 2.91. The van der Waals surface area contributed by atoms with Crippen molar-refractivity contribution in [1.29, 1.82) is 0 Å². The third kappa shape index (κ3) is 3.96. The maximum absolute atomic E-state index is 14.1. The predicted octanol–water partition coefficient (Wildman–Crippen LogP) is 4.98. The molecule has 4 rings (SSSR count). The number of thiophene rings is 1. The topological polar surface area (TPSA) is 34.9 Å². The van der Waals surface area contributed by atoms with Gasteiger partial charge in [0.05, 0.1) is 12.1 Å². The van der Waals surface area contributed by atoms with Gasteiger partial charge in [0.25, 0.3) is 5.56 Å². The number of nitrogens with zero attached hydrogens (tertiary/aromatic N) is 2. The quantitative estimate of drug-likeness (QED) is 0.341. The van der Waals surface area contributed by atoms with Crippen LogP contribution in [-0.4, -0.2) is 15.3 Å². The first-order valence-corrected chi connectivity index (χ1v) is 10.5. The fourth-order valence-corrected chi connectivity index (χ4v) is 4.64. The molecule has 2 aromatic heterocycles. The Kier molecular flexibility index (Phi) is 5.36. The molecule has 4 aromatic rings. The summed E-state index contributed by atoms with van der Waals surface area (Å²) in [7, 11) is 0. The third-order valence-electron chi connectivity index (χ3n) is 4.28. The lowest BCUT2D eigenvalue weighted by Crippen LogP contribution is -2.23. The van der Waals surface area contributed by atoms with Crippen LogP contribution in [0.4, 0.5) is 4.39 Å². The van der Waals surface area contributed by atoms with Crippen molar-refractivity contribution in [2.45, 2.75) is 18.1 Å². The number of benzene rings is 2. The van der Waals surface area contributed by atoms with E-state index >= 15 is 0 Å². The van der Waals surface area contributed by atoms with Gasteiger partial charge in [0, 0.05) is 11.3 Å². The smallest absolute Gasteiger partial charge is 0.272 e. The molecule has 0 radical (unpaired) electrons. The molecule has 3 nitrogen and oxygen atoms in total. The van der Waals surface area contributed by atoms with E-state index in [0.717, 1.165) is 12.2 Å². The molecule has 0 saturated heterocycles. The summed E-state index contributed by atoms with van der Waals surface area (Å²) in [6.45, 7) is 0.181. The highest BCUT2D eigenvalue weighted by molar-refractivity contribution is 7.99. The van der Waals surface area contributed by atoms with Crippen molar-refractivity contribution in [3.8, 4) is 0 Å². The number of hydrogen-bond acceptors (Lipinski definition) is 4. The van der Waals surface area contributed by atoms with E-state index in [-0.39, 0.29) is 17.9 Å². The molecule has 0 unspecified atom stereocenters. The highest BCUT2D eigenvalue weighted by Gasteiger charge is 2.14. The summed E-state index contributed by atoms with van der Waals surface area (Å²) in [5.41, 5.74) is 2.32. The van der Waals surface area contributed by atoms with Crippen LogP contribution in [0.15, 0.2) is 76.0 Å². The summed E-state index contributed by atoms with van der Waals surface area (Å²) in [5, 5.41) is 2.50. The number of rotatable bonds is 6. The van der Waals surface area contributed by atoms with Gasteiger partial charge in [0.15, 0.2) is 5.16 Å². The Hall–Kier alpha value is -2.44. The average molecular weight is 397 g/mol. The van der Waals surface area contributed by atoms with E-state index in [1.807, 2.05) is 29.6 Å². The van der Waals surface area contributed by atoms with E-state index in [1.165, 1.54) is 34.7 Å². The molecule has 6 heteroatoms. The summed E-state index contributed by atoms with van der Waals surface area (Å²) < 4.78 is 16.3. The fourth-order valence-electron chi connectivity index (χ4n) is 2.87. The SMILES string of the molecule is O=c1c2sccc2nc(SCCc2ccccc2)n1Cc1ccccc1F. The van der Waals surface area contributed by atoms with Crippen LogP contribution in [0.1, 0.15) is 11.1 Å². The Morgan fingerprint density at radius 2 is 1.81 bits per heavy atom. The van der Waals surface area contributed by atoms with Gasteiger partial charge in [-0.1, -0.05) is 60.3 Å². The number of thioether (sulfide) groups is 1. The Labute approximate surface area is 164 Å². The second kappa shape index (κ2) is 8.06. The number of aryl methyl sites for hydroxylation is 1. The normalized spacial score (nSPS) is 11.1. The highest BCUT2D eigenvalue weighted by Crippen LogP contribution is 2.23. The summed E-state index contributed by atoms with van der Waals surface area (Å²) in [5.74, 6) is 0.486. The van der Waals surface area contributed by atoms with Gasteiger partial charge in [-0.05, 0) is 29.5 Å². The van der Waals surface area contributed by atoms with Crippen LogP contribution in [0, 0.1) is 5.82 Å². The molecule has 0 N–H and O–H groups in total. The van der Waals surface area contributed by atoms with Gasteiger partial charge < -0.3 is 0 Å². The van der Waals surface area contributed by atoms with E-state index < -0.39 is 0 Å². The molecule has 0 aliphatic heterocycles. The van der Waals surface area contributed by atoms with Gasteiger partial charge in [-0.25, -0.2) is 9.37 Å². The number of aromatic nitrogens is 2. The lowest BCUT2D eigenvalue weighted by Gasteiger charge is -2.12. The highest BCUT2D eigenvalue weighted by atomic mass is 32.2. The minimum atomic E-state index is -0.309. The zero-order chi connectivity index (χ0) is 18.6. The molecule has 0 amide bonds. The first-order chi connectivity index (χ1) is 13.2. The molecule has 136 valence electrons. The average Bonchev–Trinajstić information content (AvgIpc) is 3.16. The Balaban J connectivity index is 1.65. The predicted molar refractivity (Wildman–Crippen MR) is 110 cm³/mol. The molecule has 27 heavy (non-hydrogen) atoms. The minimum absolute atomic E-state index is 0.111. The Morgan fingerprint density at radius 3 is 2.63 bits per heavy atom. The van der Waals surface area contributed by atoms with Gasteiger partial charge in [-0.2, -0.15) is 0 Å². The summed E-state index contributed by atoms with van der Waals surface area (Å²) in [6.07, 6.45) is 0.878. The van der Waals surface area contributed by atoms with E-state index in [1.54, 1.807) is 22.8 Å². The number of fused-ring (bicyclic) bond motifs is 1. The summed E-state index contributed by atoms with van der Waals surface area (Å²) in [4.78, 5) is 17.6. The minimum Gasteiger partial charge on any atom is -0.282 e. The van der Waals surface area contributed by atoms with Gasteiger partial charge in [0.1, 0.15) is 10.5 Å². The van der Waals surface area contributed by atoms with Crippen LogP contribution in [0.25, 0.3) is 10.2 Å². The molecule has 0 aliphatic carbocycles. The van der Waals surface area contributed by atoms with Crippen LogP contribution in [-0.2, 0) is 13.0 Å². The van der Waals surface area contributed by atoms with Crippen LogP contribution in [0.3, 0.4) is 0 Å². The fraction of sp³-hybridized carbons (Fsp3) is 0.143. The van der Waals surface area contributed by atoms with Crippen molar-refractivity contribution in [2.24, 2.45) is 0 Å². The monoisotopic (exact) mass is 396 g/mol. The van der Waals surface area contributed by atoms with E-state index in [4.69, 9.17) is 0 Å². The van der Waals surface area contributed by atoms with Crippen LogP contribution < -0.4 is 5.56 Å². The number of hydrogen-bond donors (Lipinski definition) is 0. The molecule has 0 saturated carbocycles. The Bertz CT molecular complexity index is 1120. The molecule has 0 atom stereocenters. The van der Waals surface area contributed by atoms with Crippen molar-refractivity contribution in [3.05, 3.63) is 93.3 Å². The molecule has 0 bridgehead atoms. The molecule has 2 heterocycles. The van der Waals surface area contributed by atoms with Gasteiger partial charge in [-0.3, -0.25) is 9.36 Å². The van der Waals surface area contributed by atoms with Crippen molar-refractivity contribution in [2.75, 3.05) is 5.75 Å². The van der Waals surface area contributed by atoms with Crippen molar-refractivity contribution in [1.82, 2.24) is 9.55 Å². The number of halogens is 1. The molecular formula is C21H17FN2OS2. The van der Waals surface area contributed by atoms with E-state index in [2.05, 4.69) is 17.1 Å². The molecule has 0 aliphatic rings. The van der Waals surface area contributed by atoms with E-state index in [9.17, 15) is 9.18 Å². The van der Waals surface area contributed by atoms with Crippen molar-refractivity contribution >= 4 is 33.3 Å². The van der Waals surface area contributed by atoms with Crippen LogP contribution in [0.2, 0.25) is 0 Å². The second-order valence-electron chi connectivity index (χ2n) is 6.10. The zero-order valence-electron chi connectivity index (χ0n) is 14.5. The molecular weight excluding hydrogens is 379 g/mol. The first kappa shape index (κ1) is 17.9. The van der Waals surface area contributed by atoms with Crippen LogP contribution in [0.5, 0.6) is 0 Å². The Morgan fingerprint density at radius 1 is 1.04 bits per heavy atom. The molecule has 0 spiro atoms. The van der Waals surface area contributed by atoms with Gasteiger partial charge in [-0.15, -0.1) is 11.3 Å². The maximum Gasteiger partial charge on any atom is 0.272 e. The van der Waals surface area contributed by atoms with Crippen molar-refractivity contribution < 1.29 is 4.39 Å². The first-order valence-electron chi connectivity index (χ1n) is 8.60. The molecule has 2 aromatic carbocycles. The van der Waals surface area contributed by atoms with Gasteiger partial charge in [0.2, 0.25) is 0 Å². The van der Waals surface area contributed by atoms with Crippen molar-refractivity contribution in [3.63, 3.8) is 0 Å². The maximum atomic E-state index is 14.1. The molecule has 0 fully saturated rings. The second-order valence-corrected chi connectivity index (χ2v) is 8.07. The third-order valence-corrected chi connectivity index (χ3v) is 6.15.